The van der Waals surface area contributed by atoms with Crippen molar-refractivity contribution in [1.82, 2.24) is 0 Å². The number of benzene rings is 3. The molecule has 43 heavy (non-hydrogen) atoms. The molecule has 7 rings (SSSR count). The first-order chi connectivity index (χ1) is 21.0. The predicted octanol–water partition coefficient (Wildman–Crippen LogP) is 5.26. The third-order valence-electron chi connectivity index (χ3n) is 8.12. The van der Waals surface area contributed by atoms with Gasteiger partial charge in [0.1, 0.15) is 35.6 Å². The molecule has 0 unspecified atom stereocenters. The van der Waals surface area contributed by atoms with Crippen LogP contribution in [0, 0.1) is 0 Å². The Balaban J connectivity index is 1.24. The molecule has 0 radical (unpaired) electrons. The average molecular weight is 579 g/mol. The molecule has 0 saturated carbocycles. The van der Waals surface area contributed by atoms with Gasteiger partial charge in [-0.2, -0.15) is 0 Å². The number of aliphatic hydroxyl groups is 1. The molecule has 3 aromatic carbocycles. The Morgan fingerprint density at radius 3 is 2.05 bits per heavy atom. The van der Waals surface area contributed by atoms with E-state index in [1.54, 1.807) is 12.1 Å². The van der Waals surface area contributed by atoms with E-state index in [2.05, 4.69) is 0 Å². The Bertz CT molecular complexity index is 1890. The number of methoxy groups -OCH3 is 1. The molecule has 5 aromatic rings. The maximum absolute atomic E-state index is 13.5. The van der Waals surface area contributed by atoms with Crippen LogP contribution in [0.15, 0.2) is 103 Å². The van der Waals surface area contributed by atoms with Crippen molar-refractivity contribution in [2.75, 3.05) is 7.11 Å². The molecule has 8 nitrogen and oxygen atoms in total. The van der Waals surface area contributed by atoms with Gasteiger partial charge in [0, 0.05) is 25.0 Å². The maximum Gasteiger partial charge on any atom is 0.205 e. The Labute approximate surface area is 247 Å². The van der Waals surface area contributed by atoms with Gasteiger partial charge in [-0.3, -0.25) is 9.59 Å². The Morgan fingerprint density at radius 2 is 1.40 bits per heavy atom. The topological polar surface area (TPSA) is 112 Å². The van der Waals surface area contributed by atoms with Crippen molar-refractivity contribution in [3.8, 4) is 11.5 Å². The highest BCUT2D eigenvalue weighted by Gasteiger charge is 2.58. The molecular formula is C35H30O8. The van der Waals surface area contributed by atoms with Crippen LogP contribution in [-0.4, -0.2) is 24.4 Å². The summed E-state index contributed by atoms with van der Waals surface area (Å²) in [6, 6.07) is 26.0. The third kappa shape index (κ3) is 5.24. The summed E-state index contributed by atoms with van der Waals surface area (Å²) < 4.78 is 30.2. The monoisotopic (exact) mass is 578 g/mol. The molecule has 0 amide bonds. The minimum Gasteiger partial charge on any atom is -0.493 e. The van der Waals surface area contributed by atoms with Gasteiger partial charge in [0.15, 0.2) is 28.3 Å². The number of ether oxygens (including phenoxy) is 3. The molecule has 218 valence electrons. The lowest BCUT2D eigenvalue weighted by Crippen LogP contribution is -2.37. The molecule has 0 bridgehead atoms. The number of hydrogen-bond donors (Lipinski definition) is 1. The first-order valence-corrected chi connectivity index (χ1v) is 14.4. The standard InChI is InChI=1S/C35H30O8/c1-39-27-17-16-24-25(36)18-22(14-12-20-8-4-2-5-9-20)40-30(24)31(27)42-32-28-26(37)19-23(15-13-21-10-6-3-7-11-21)41-33(28)35-34(43-35)29(32)38/h2-11,16-19,29,32,34-35,38H,12-15H2,1H3/t29-,32-,34-,35+/m1/s1. The highest BCUT2D eigenvalue weighted by atomic mass is 16.6. The fraction of sp³-hybridized carbons (Fsp3) is 0.257. The van der Waals surface area contributed by atoms with Gasteiger partial charge >= 0.3 is 0 Å². The van der Waals surface area contributed by atoms with E-state index in [9.17, 15) is 14.7 Å². The minimum atomic E-state index is -1.15. The van der Waals surface area contributed by atoms with Gasteiger partial charge in [-0.05, 0) is 36.1 Å². The van der Waals surface area contributed by atoms with Crippen molar-refractivity contribution < 1.29 is 28.2 Å². The SMILES string of the molecule is COc1ccc2c(=O)cc(CCc3ccccc3)oc2c1O[C@@H]1c2c(oc(CCc3ccccc3)cc2=O)[C@@H]2O[C@@H]2[C@@H]1O. The first kappa shape index (κ1) is 27.2. The van der Waals surface area contributed by atoms with Crippen LogP contribution in [0.4, 0.5) is 0 Å². The number of fused-ring (bicyclic) bond motifs is 4. The summed E-state index contributed by atoms with van der Waals surface area (Å²) in [4.78, 5) is 26.7. The van der Waals surface area contributed by atoms with Crippen LogP contribution < -0.4 is 20.3 Å². The Kier molecular flexibility index (Phi) is 7.08. The fourth-order valence-electron chi connectivity index (χ4n) is 5.82. The van der Waals surface area contributed by atoms with E-state index in [1.807, 2.05) is 60.7 Å². The molecule has 1 saturated heterocycles. The summed E-state index contributed by atoms with van der Waals surface area (Å²) >= 11 is 0. The molecule has 3 heterocycles. The zero-order valence-corrected chi connectivity index (χ0v) is 23.5. The van der Waals surface area contributed by atoms with Crippen LogP contribution in [0.3, 0.4) is 0 Å². The van der Waals surface area contributed by atoms with Crippen LogP contribution >= 0.6 is 0 Å². The molecule has 4 atom stereocenters. The molecule has 8 heteroatoms. The van der Waals surface area contributed by atoms with E-state index in [1.165, 1.54) is 19.2 Å². The lowest BCUT2D eigenvalue weighted by atomic mass is 9.91. The molecule has 0 spiro atoms. The van der Waals surface area contributed by atoms with Gasteiger partial charge < -0.3 is 28.2 Å². The summed E-state index contributed by atoms with van der Waals surface area (Å²) in [5.74, 6) is 1.80. The summed E-state index contributed by atoms with van der Waals surface area (Å²) in [5.41, 5.74) is 2.08. The van der Waals surface area contributed by atoms with Gasteiger partial charge in [0.05, 0.1) is 18.1 Å². The molecular weight excluding hydrogens is 548 g/mol. The largest absolute Gasteiger partial charge is 0.493 e. The zero-order chi connectivity index (χ0) is 29.5. The van der Waals surface area contributed by atoms with Crippen molar-refractivity contribution in [3.63, 3.8) is 0 Å². The van der Waals surface area contributed by atoms with E-state index in [-0.39, 0.29) is 27.8 Å². The highest BCUT2D eigenvalue weighted by molar-refractivity contribution is 5.85. The highest BCUT2D eigenvalue weighted by Crippen LogP contribution is 2.52. The Hall–Kier alpha value is -4.66. The predicted molar refractivity (Wildman–Crippen MR) is 159 cm³/mol. The molecule has 1 fully saturated rings. The zero-order valence-electron chi connectivity index (χ0n) is 23.5. The summed E-state index contributed by atoms with van der Waals surface area (Å²) in [6.45, 7) is 0. The average Bonchev–Trinajstić information content (AvgIpc) is 3.84. The van der Waals surface area contributed by atoms with E-state index < -0.39 is 24.4 Å². The lowest BCUT2D eigenvalue weighted by Gasteiger charge is -2.28. The second-order valence-electron chi connectivity index (χ2n) is 10.9. The van der Waals surface area contributed by atoms with Crippen molar-refractivity contribution in [2.45, 2.75) is 50.1 Å². The summed E-state index contributed by atoms with van der Waals surface area (Å²) in [7, 11) is 1.48. The van der Waals surface area contributed by atoms with Crippen molar-refractivity contribution >= 4 is 11.0 Å². The summed E-state index contributed by atoms with van der Waals surface area (Å²) in [5, 5.41) is 11.5. The number of epoxide rings is 1. The number of aryl methyl sites for hydroxylation is 4. The van der Waals surface area contributed by atoms with E-state index >= 15 is 0 Å². The second kappa shape index (κ2) is 11.2. The smallest absolute Gasteiger partial charge is 0.205 e. The molecule has 1 aliphatic heterocycles. The van der Waals surface area contributed by atoms with Gasteiger partial charge in [-0.15, -0.1) is 0 Å². The van der Waals surface area contributed by atoms with Gasteiger partial charge in [-0.25, -0.2) is 0 Å². The lowest BCUT2D eigenvalue weighted by molar-refractivity contribution is 0.0120. The quantitative estimate of drug-likeness (QED) is 0.236. The number of aliphatic hydroxyl groups excluding tert-OH is 1. The van der Waals surface area contributed by atoms with E-state index in [0.29, 0.717) is 54.1 Å². The van der Waals surface area contributed by atoms with Gasteiger partial charge in [0.25, 0.3) is 0 Å². The van der Waals surface area contributed by atoms with E-state index in [4.69, 9.17) is 23.0 Å². The molecule has 2 aliphatic rings. The van der Waals surface area contributed by atoms with Crippen LogP contribution in [-0.2, 0) is 30.4 Å². The number of hydrogen-bond acceptors (Lipinski definition) is 8. The molecule has 1 aliphatic carbocycles. The van der Waals surface area contributed by atoms with Crippen LogP contribution in [0.5, 0.6) is 11.5 Å². The van der Waals surface area contributed by atoms with Gasteiger partial charge in [-0.1, -0.05) is 60.7 Å². The Morgan fingerprint density at radius 1 is 0.767 bits per heavy atom. The number of rotatable bonds is 9. The first-order valence-electron chi connectivity index (χ1n) is 14.4. The van der Waals surface area contributed by atoms with Crippen molar-refractivity contribution in [1.29, 1.82) is 0 Å². The van der Waals surface area contributed by atoms with E-state index in [0.717, 1.165) is 11.1 Å². The fourth-order valence-corrected chi connectivity index (χ4v) is 5.82. The van der Waals surface area contributed by atoms with Crippen LogP contribution in [0.2, 0.25) is 0 Å². The van der Waals surface area contributed by atoms with Crippen LogP contribution in [0.1, 0.15) is 46.2 Å². The third-order valence-corrected chi connectivity index (χ3v) is 8.12. The van der Waals surface area contributed by atoms with Crippen molar-refractivity contribution in [3.05, 3.63) is 139 Å². The summed E-state index contributed by atoms with van der Waals surface area (Å²) in [6.07, 6.45) is -0.971. The minimum absolute atomic E-state index is 0.125. The molecule has 1 N–H and O–H groups in total. The van der Waals surface area contributed by atoms with Crippen molar-refractivity contribution in [2.24, 2.45) is 0 Å². The second-order valence-corrected chi connectivity index (χ2v) is 10.9. The molecule has 2 aromatic heterocycles. The normalized spacial score (nSPS) is 20.3. The van der Waals surface area contributed by atoms with Gasteiger partial charge in [0.2, 0.25) is 5.75 Å². The maximum atomic E-state index is 13.5. The van der Waals surface area contributed by atoms with Crippen LogP contribution in [0.25, 0.3) is 11.0 Å².